The van der Waals surface area contributed by atoms with Gasteiger partial charge in [0.25, 0.3) is 11.8 Å². The number of hydrogen-bond donors (Lipinski definition) is 2. The van der Waals surface area contributed by atoms with Crippen LogP contribution in [0.2, 0.25) is 0 Å². The highest BCUT2D eigenvalue weighted by molar-refractivity contribution is 7.17. The van der Waals surface area contributed by atoms with Crippen molar-refractivity contribution < 1.29 is 18.7 Å². The lowest BCUT2D eigenvalue weighted by Crippen LogP contribution is -2.33. The Morgan fingerprint density at radius 1 is 1.00 bits per heavy atom. The predicted molar refractivity (Wildman–Crippen MR) is 173 cm³/mol. The molecule has 0 bridgehead atoms. The van der Waals surface area contributed by atoms with Crippen LogP contribution in [0.5, 0.6) is 0 Å². The Kier molecular flexibility index (Phi) is 8.49. The molecule has 0 spiro atoms. The maximum Gasteiger partial charge on any atom is 0.276 e. The number of para-hydroxylation sites is 2. The number of ether oxygens (including phenoxy) is 1. The standard InChI is InChI=1S/C35H31FN4O3S/c1-22-10-8-14-26(36)32(22)39-34(41)30-20-24-18-19-40(29-16-7-6-13-25(29)33(24)44-30)35(42)27-15-9-17-31(37-27)38-28(21-43-2)23-11-4-3-5-12-23/h3-17,20,28H,18-19,21H2,1-2H3,(H,37,38)(H,39,41)/t28-/m1/s1. The van der Waals surface area contributed by atoms with Crippen molar-refractivity contribution in [1.29, 1.82) is 0 Å². The van der Waals surface area contributed by atoms with E-state index in [0.29, 0.717) is 41.5 Å². The Morgan fingerprint density at radius 3 is 2.57 bits per heavy atom. The van der Waals surface area contributed by atoms with Gasteiger partial charge in [0.05, 0.1) is 28.9 Å². The molecule has 2 N–H and O–H groups in total. The number of carbonyl (C=O) groups excluding carboxylic acids is 2. The SMILES string of the molecule is COC[C@@H](Nc1cccc(C(=O)N2CCc3cc(C(=O)Nc4c(C)cccc4F)sc3-c3ccccc32)n1)c1ccccc1. The molecule has 1 aliphatic heterocycles. The van der Waals surface area contributed by atoms with Gasteiger partial charge in [0.1, 0.15) is 17.3 Å². The zero-order chi connectivity index (χ0) is 30.6. The molecular formula is C35H31FN4O3S. The van der Waals surface area contributed by atoms with Gasteiger partial charge in [-0.25, -0.2) is 9.37 Å². The molecule has 1 aliphatic rings. The summed E-state index contributed by atoms with van der Waals surface area (Å²) in [6.07, 6.45) is 0.542. The first-order valence-corrected chi connectivity index (χ1v) is 15.1. The van der Waals surface area contributed by atoms with E-state index in [-0.39, 0.29) is 23.5 Å². The van der Waals surface area contributed by atoms with Crippen LogP contribution in [0.4, 0.5) is 21.6 Å². The number of methoxy groups -OCH3 is 1. The van der Waals surface area contributed by atoms with Crippen molar-refractivity contribution in [3.63, 3.8) is 0 Å². The van der Waals surface area contributed by atoms with Gasteiger partial charge in [-0.05, 0) is 60.4 Å². The molecule has 7 nitrogen and oxygen atoms in total. The van der Waals surface area contributed by atoms with Crippen molar-refractivity contribution >= 4 is 40.3 Å². The normalized spacial score (nSPS) is 12.9. The summed E-state index contributed by atoms with van der Waals surface area (Å²) in [6, 6.07) is 29.4. The Hall–Kier alpha value is -4.86. The third-order valence-corrected chi connectivity index (χ3v) is 8.82. The molecule has 0 saturated heterocycles. The summed E-state index contributed by atoms with van der Waals surface area (Å²) in [5.41, 5.74) is 4.77. The molecule has 5 aromatic rings. The maximum absolute atomic E-state index is 14.4. The summed E-state index contributed by atoms with van der Waals surface area (Å²) in [5.74, 6) is -0.479. The van der Waals surface area contributed by atoms with Crippen LogP contribution in [0.3, 0.4) is 0 Å². The minimum Gasteiger partial charge on any atom is -0.382 e. The number of nitrogens with zero attached hydrogens (tertiary/aromatic N) is 2. The summed E-state index contributed by atoms with van der Waals surface area (Å²) >= 11 is 1.34. The van der Waals surface area contributed by atoms with Crippen molar-refractivity contribution in [1.82, 2.24) is 4.98 Å². The number of pyridine rings is 1. The first-order valence-electron chi connectivity index (χ1n) is 14.3. The summed E-state index contributed by atoms with van der Waals surface area (Å²) < 4.78 is 19.8. The Morgan fingerprint density at radius 2 is 1.77 bits per heavy atom. The molecule has 2 aromatic heterocycles. The number of fused-ring (bicyclic) bond motifs is 3. The largest absolute Gasteiger partial charge is 0.382 e. The monoisotopic (exact) mass is 606 g/mol. The zero-order valence-electron chi connectivity index (χ0n) is 24.3. The number of rotatable bonds is 8. The molecule has 1 atom stereocenters. The molecule has 6 rings (SSSR count). The Bertz CT molecular complexity index is 1800. The average molecular weight is 607 g/mol. The van der Waals surface area contributed by atoms with Crippen LogP contribution in [0.1, 0.15) is 42.9 Å². The number of thiophene rings is 1. The van der Waals surface area contributed by atoms with Crippen LogP contribution < -0.4 is 15.5 Å². The average Bonchev–Trinajstić information content (AvgIpc) is 3.41. The summed E-state index contributed by atoms with van der Waals surface area (Å²) in [7, 11) is 1.65. The Balaban J connectivity index is 1.26. The van der Waals surface area contributed by atoms with E-state index in [9.17, 15) is 14.0 Å². The number of benzene rings is 3. The van der Waals surface area contributed by atoms with Crippen molar-refractivity contribution in [2.45, 2.75) is 19.4 Å². The van der Waals surface area contributed by atoms with Gasteiger partial charge in [0.15, 0.2) is 0 Å². The van der Waals surface area contributed by atoms with Crippen LogP contribution in [-0.2, 0) is 11.2 Å². The van der Waals surface area contributed by atoms with Crippen molar-refractivity contribution in [2.24, 2.45) is 0 Å². The van der Waals surface area contributed by atoms with E-state index in [1.54, 1.807) is 37.1 Å². The summed E-state index contributed by atoms with van der Waals surface area (Å²) in [6.45, 7) is 2.60. The van der Waals surface area contributed by atoms with E-state index in [2.05, 4.69) is 15.6 Å². The van der Waals surface area contributed by atoms with Crippen molar-refractivity contribution in [3.05, 3.63) is 130 Å². The predicted octanol–water partition coefficient (Wildman–Crippen LogP) is 7.51. The number of amides is 2. The highest BCUT2D eigenvalue weighted by atomic mass is 32.1. The summed E-state index contributed by atoms with van der Waals surface area (Å²) in [4.78, 5) is 35.0. The molecular weight excluding hydrogens is 575 g/mol. The quantitative estimate of drug-likeness (QED) is 0.191. The van der Waals surface area contributed by atoms with Crippen LogP contribution in [-0.4, -0.2) is 37.1 Å². The van der Waals surface area contributed by atoms with E-state index in [1.807, 2.05) is 72.8 Å². The summed E-state index contributed by atoms with van der Waals surface area (Å²) in [5, 5.41) is 6.15. The lowest BCUT2D eigenvalue weighted by Gasteiger charge is -2.23. The van der Waals surface area contributed by atoms with E-state index in [1.165, 1.54) is 17.4 Å². The fraction of sp³-hybridized carbons (Fsp3) is 0.171. The van der Waals surface area contributed by atoms with Gasteiger partial charge in [-0.2, -0.15) is 0 Å². The van der Waals surface area contributed by atoms with Gasteiger partial charge < -0.3 is 20.3 Å². The molecule has 0 fully saturated rings. The van der Waals surface area contributed by atoms with Crippen LogP contribution in [0.15, 0.2) is 97.1 Å². The second kappa shape index (κ2) is 12.8. The molecule has 3 heterocycles. The van der Waals surface area contributed by atoms with Crippen LogP contribution in [0, 0.1) is 12.7 Å². The molecule has 0 unspecified atom stereocenters. The van der Waals surface area contributed by atoms with Gasteiger partial charge in [-0.3, -0.25) is 9.59 Å². The number of anilines is 3. The molecule has 9 heteroatoms. The van der Waals surface area contributed by atoms with Crippen molar-refractivity contribution in [3.8, 4) is 10.4 Å². The minimum absolute atomic E-state index is 0.136. The first kappa shape index (κ1) is 29.2. The third kappa shape index (κ3) is 5.97. The minimum atomic E-state index is -0.474. The highest BCUT2D eigenvalue weighted by Crippen LogP contribution is 2.42. The third-order valence-electron chi connectivity index (χ3n) is 7.61. The molecule has 0 radical (unpaired) electrons. The van der Waals surface area contributed by atoms with Gasteiger partial charge >= 0.3 is 0 Å². The molecule has 2 amide bonds. The fourth-order valence-electron chi connectivity index (χ4n) is 5.41. The number of aromatic nitrogens is 1. The van der Waals surface area contributed by atoms with Gasteiger partial charge in [0.2, 0.25) is 0 Å². The van der Waals surface area contributed by atoms with E-state index < -0.39 is 5.82 Å². The Labute approximate surface area is 259 Å². The molecule has 222 valence electrons. The molecule has 3 aromatic carbocycles. The van der Waals surface area contributed by atoms with Gasteiger partial charge in [0, 0.05) is 24.1 Å². The second-order valence-corrected chi connectivity index (χ2v) is 11.6. The van der Waals surface area contributed by atoms with Gasteiger partial charge in [-0.1, -0.05) is 66.7 Å². The van der Waals surface area contributed by atoms with Crippen LogP contribution in [0.25, 0.3) is 10.4 Å². The maximum atomic E-state index is 14.4. The van der Waals surface area contributed by atoms with Crippen LogP contribution >= 0.6 is 11.3 Å². The molecule has 0 saturated carbocycles. The lowest BCUT2D eigenvalue weighted by atomic mass is 10.1. The number of carbonyl (C=O) groups is 2. The lowest BCUT2D eigenvalue weighted by molar-refractivity contribution is 0.0981. The topological polar surface area (TPSA) is 83.6 Å². The first-order chi connectivity index (χ1) is 21.4. The zero-order valence-corrected chi connectivity index (χ0v) is 25.2. The van der Waals surface area contributed by atoms with E-state index in [0.717, 1.165) is 27.3 Å². The van der Waals surface area contributed by atoms with E-state index >= 15 is 0 Å². The van der Waals surface area contributed by atoms with Crippen molar-refractivity contribution in [2.75, 3.05) is 35.8 Å². The number of aryl methyl sites for hydroxylation is 1. The number of hydrogen-bond acceptors (Lipinski definition) is 6. The number of halogens is 1. The van der Waals surface area contributed by atoms with Gasteiger partial charge in [-0.15, -0.1) is 11.3 Å². The smallest absolute Gasteiger partial charge is 0.276 e. The molecule has 0 aliphatic carbocycles. The number of nitrogens with one attached hydrogen (secondary N) is 2. The molecule has 44 heavy (non-hydrogen) atoms. The fourth-order valence-corrected chi connectivity index (χ4v) is 6.55. The van der Waals surface area contributed by atoms with E-state index in [4.69, 9.17) is 4.74 Å². The highest BCUT2D eigenvalue weighted by Gasteiger charge is 2.28. The second-order valence-electron chi connectivity index (χ2n) is 10.5.